The van der Waals surface area contributed by atoms with E-state index in [9.17, 15) is 9.59 Å². The van der Waals surface area contributed by atoms with Crippen molar-refractivity contribution >= 4 is 33.2 Å². The molecule has 0 bridgehead atoms. The van der Waals surface area contributed by atoms with Crippen LogP contribution in [0.3, 0.4) is 0 Å². The Balaban J connectivity index is 2.49. The number of esters is 1. The molecule has 0 radical (unpaired) electrons. The summed E-state index contributed by atoms with van der Waals surface area (Å²) in [5.41, 5.74) is -0.565. The molecule has 0 fully saturated rings. The van der Waals surface area contributed by atoms with Crippen molar-refractivity contribution in [1.82, 2.24) is 0 Å². The normalized spacial score (nSPS) is 11.5. The Morgan fingerprint density at radius 1 is 1.22 bits per heavy atom. The molecule has 0 aliphatic carbocycles. The van der Waals surface area contributed by atoms with Crippen LogP contribution in [0, 0.1) is 5.41 Å². The number of methoxy groups -OCH3 is 1. The highest BCUT2D eigenvalue weighted by Crippen LogP contribution is 2.31. The largest absolute Gasteiger partial charge is 0.468 e. The summed E-state index contributed by atoms with van der Waals surface area (Å²) in [7, 11) is 1.29. The fourth-order valence-electron chi connectivity index (χ4n) is 1.84. The van der Waals surface area contributed by atoms with Crippen LogP contribution in [0.2, 0.25) is 0 Å². The molecule has 0 spiro atoms. The monoisotopic (exact) mass is 262 g/mol. The minimum atomic E-state index is -1.15. The van der Waals surface area contributed by atoms with Crippen LogP contribution in [0.15, 0.2) is 29.6 Å². The molecule has 0 amide bonds. The van der Waals surface area contributed by atoms with Gasteiger partial charge in [0.05, 0.1) is 7.11 Å². The first-order valence-electron chi connectivity index (χ1n) is 5.58. The molecule has 0 atom stereocenters. The van der Waals surface area contributed by atoms with Crippen molar-refractivity contribution in [3.63, 3.8) is 0 Å². The third-order valence-electron chi connectivity index (χ3n) is 2.99. The lowest BCUT2D eigenvalue weighted by atomic mass is 9.84. The van der Waals surface area contributed by atoms with Crippen molar-refractivity contribution in [2.24, 2.45) is 5.41 Å². The minimum Gasteiger partial charge on any atom is -0.468 e. The van der Waals surface area contributed by atoms with E-state index >= 15 is 0 Å². The first-order valence-corrected chi connectivity index (χ1v) is 6.46. The fourth-order valence-corrected chi connectivity index (χ4v) is 2.78. The Kier molecular flexibility index (Phi) is 3.22. The Labute approximate surface area is 109 Å². The third kappa shape index (κ3) is 1.93. The summed E-state index contributed by atoms with van der Waals surface area (Å²) < 4.78 is 5.73. The Morgan fingerprint density at radius 3 is 2.56 bits per heavy atom. The molecule has 2 rings (SSSR count). The molecule has 18 heavy (non-hydrogen) atoms. The number of hydrogen-bond acceptors (Lipinski definition) is 4. The van der Waals surface area contributed by atoms with E-state index in [1.54, 1.807) is 19.2 Å². The Morgan fingerprint density at radius 2 is 1.89 bits per heavy atom. The van der Waals surface area contributed by atoms with Gasteiger partial charge in [-0.2, -0.15) is 0 Å². The summed E-state index contributed by atoms with van der Waals surface area (Å²) >= 11 is 1.50. The van der Waals surface area contributed by atoms with Gasteiger partial charge < -0.3 is 4.74 Å². The van der Waals surface area contributed by atoms with Gasteiger partial charge in [0, 0.05) is 21.0 Å². The van der Waals surface area contributed by atoms with E-state index < -0.39 is 11.4 Å². The van der Waals surface area contributed by atoms with Crippen LogP contribution in [0.5, 0.6) is 0 Å². The van der Waals surface area contributed by atoms with E-state index in [0.717, 1.165) is 10.1 Å². The van der Waals surface area contributed by atoms with E-state index in [-0.39, 0.29) is 5.78 Å². The smallest absolute Gasteiger partial charge is 0.319 e. The van der Waals surface area contributed by atoms with Crippen LogP contribution in [0.25, 0.3) is 10.1 Å². The number of carbonyl (C=O) groups excluding carboxylic acids is 2. The zero-order valence-electron chi connectivity index (χ0n) is 10.5. The van der Waals surface area contributed by atoms with Crippen LogP contribution in [0.4, 0.5) is 0 Å². The molecule has 4 heteroatoms. The Bertz CT molecular complexity index is 610. The quantitative estimate of drug-likeness (QED) is 0.484. The van der Waals surface area contributed by atoms with Gasteiger partial charge in [-0.05, 0) is 19.9 Å². The lowest BCUT2D eigenvalue weighted by Gasteiger charge is -2.19. The highest BCUT2D eigenvalue weighted by Gasteiger charge is 2.38. The zero-order valence-corrected chi connectivity index (χ0v) is 11.3. The van der Waals surface area contributed by atoms with Crippen molar-refractivity contribution in [3.8, 4) is 0 Å². The second-order valence-corrected chi connectivity index (χ2v) is 5.50. The molecule has 94 valence electrons. The molecule has 0 aliphatic heterocycles. The average Bonchev–Trinajstić information content (AvgIpc) is 2.80. The standard InChI is InChI=1S/C14H14O3S/c1-14(2,13(16)17-3)12(15)10-8-18-11-7-5-4-6-9(10)11/h4-8H,1-3H3. The number of ketones is 1. The predicted octanol–water partition coefficient (Wildman–Crippen LogP) is 3.28. The van der Waals surface area contributed by atoms with Gasteiger partial charge in [-0.25, -0.2) is 0 Å². The number of hydrogen-bond donors (Lipinski definition) is 0. The lowest BCUT2D eigenvalue weighted by molar-refractivity contribution is -0.147. The highest BCUT2D eigenvalue weighted by atomic mass is 32.1. The predicted molar refractivity (Wildman–Crippen MR) is 72.0 cm³/mol. The number of ether oxygens (including phenoxy) is 1. The minimum absolute atomic E-state index is 0.202. The average molecular weight is 262 g/mol. The van der Waals surface area contributed by atoms with Crippen molar-refractivity contribution in [1.29, 1.82) is 0 Å². The molecule has 1 heterocycles. The summed E-state index contributed by atoms with van der Waals surface area (Å²) in [6.45, 7) is 3.18. The van der Waals surface area contributed by atoms with E-state index in [1.807, 2.05) is 24.3 Å². The Hall–Kier alpha value is -1.68. The molecule has 1 aromatic carbocycles. The molecular formula is C14H14O3S. The van der Waals surface area contributed by atoms with E-state index in [0.29, 0.717) is 5.56 Å². The van der Waals surface area contributed by atoms with Crippen LogP contribution < -0.4 is 0 Å². The van der Waals surface area contributed by atoms with Crippen molar-refractivity contribution in [2.75, 3.05) is 7.11 Å². The van der Waals surface area contributed by atoms with Gasteiger partial charge >= 0.3 is 5.97 Å². The number of carbonyl (C=O) groups is 2. The van der Waals surface area contributed by atoms with Gasteiger partial charge in [0.15, 0.2) is 5.78 Å². The van der Waals surface area contributed by atoms with Gasteiger partial charge in [-0.1, -0.05) is 18.2 Å². The van der Waals surface area contributed by atoms with Crippen molar-refractivity contribution < 1.29 is 14.3 Å². The second-order valence-electron chi connectivity index (χ2n) is 4.59. The fraction of sp³-hybridized carbons (Fsp3) is 0.286. The van der Waals surface area contributed by atoms with Crippen LogP contribution >= 0.6 is 11.3 Å². The van der Waals surface area contributed by atoms with Crippen LogP contribution in [-0.4, -0.2) is 18.9 Å². The summed E-state index contributed by atoms with van der Waals surface area (Å²) in [6, 6.07) is 7.67. The molecule has 0 N–H and O–H groups in total. The van der Waals surface area contributed by atoms with Gasteiger partial charge in [-0.3, -0.25) is 9.59 Å². The first-order chi connectivity index (χ1) is 8.48. The van der Waals surface area contributed by atoms with Gasteiger partial charge in [0.25, 0.3) is 0 Å². The maximum atomic E-state index is 12.4. The van der Waals surface area contributed by atoms with E-state index in [2.05, 4.69) is 4.74 Å². The number of Topliss-reactive ketones (excluding diaryl/α,β-unsaturated/α-hetero) is 1. The maximum absolute atomic E-state index is 12.4. The molecule has 0 unspecified atom stereocenters. The van der Waals surface area contributed by atoms with Crippen LogP contribution in [0.1, 0.15) is 24.2 Å². The molecule has 0 saturated carbocycles. The number of rotatable bonds is 3. The number of benzene rings is 1. The highest BCUT2D eigenvalue weighted by molar-refractivity contribution is 7.17. The van der Waals surface area contributed by atoms with Gasteiger partial charge in [0.1, 0.15) is 5.41 Å². The number of fused-ring (bicyclic) bond motifs is 1. The van der Waals surface area contributed by atoms with E-state index in [1.165, 1.54) is 18.4 Å². The third-order valence-corrected chi connectivity index (χ3v) is 3.95. The molecular weight excluding hydrogens is 248 g/mol. The molecule has 3 nitrogen and oxygen atoms in total. The first kappa shape index (κ1) is 12.8. The second kappa shape index (κ2) is 4.53. The SMILES string of the molecule is COC(=O)C(C)(C)C(=O)c1csc2ccccc12. The van der Waals surface area contributed by atoms with Gasteiger partial charge in [-0.15, -0.1) is 11.3 Å². The molecule has 1 aromatic heterocycles. The summed E-state index contributed by atoms with van der Waals surface area (Å²) in [4.78, 5) is 24.1. The topological polar surface area (TPSA) is 43.4 Å². The summed E-state index contributed by atoms with van der Waals surface area (Å²) in [6.07, 6.45) is 0. The molecule has 2 aromatic rings. The molecule has 0 aliphatic rings. The van der Waals surface area contributed by atoms with E-state index in [4.69, 9.17) is 0 Å². The van der Waals surface area contributed by atoms with Crippen molar-refractivity contribution in [2.45, 2.75) is 13.8 Å². The molecule has 0 saturated heterocycles. The zero-order chi connectivity index (χ0) is 13.3. The lowest BCUT2D eigenvalue weighted by Crippen LogP contribution is -2.34. The number of thiophene rings is 1. The summed E-state index contributed by atoms with van der Waals surface area (Å²) in [5.74, 6) is -0.713. The van der Waals surface area contributed by atoms with Crippen molar-refractivity contribution in [3.05, 3.63) is 35.2 Å². The summed E-state index contributed by atoms with van der Waals surface area (Å²) in [5, 5.41) is 2.70. The van der Waals surface area contributed by atoms with Gasteiger partial charge in [0.2, 0.25) is 0 Å². The maximum Gasteiger partial charge on any atom is 0.319 e. The van der Waals surface area contributed by atoms with Crippen LogP contribution in [-0.2, 0) is 9.53 Å².